The number of carbonyl (C=O) groups excluding carboxylic acids is 2. The van der Waals surface area contributed by atoms with Crippen LogP contribution in [0.1, 0.15) is 27.3 Å². The SMILES string of the molecule is Cc1ccc(C(=O)Nc2ccc3c(c2)CCN3C(=O)Cc2cccc(N)n2)c(N(C)C)n1. The Bertz CT molecular complexity index is 1190. The second kappa shape index (κ2) is 8.66. The number of rotatable bonds is 5. The van der Waals surface area contributed by atoms with Crippen molar-refractivity contribution in [2.75, 3.05) is 41.5 Å². The van der Waals surface area contributed by atoms with Gasteiger partial charge in [-0.3, -0.25) is 9.59 Å². The maximum Gasteiger partial charge on any atom is 0.259 e. The van der Waals surface area contributed by atoms with Crippen LogP contribution in [0.25, 0.3) is 0 Å². The van der Waals surface area contributed by atoms with Gasteiger partial charge in [0.1, 0.15) is 11.6 Å². The van der Waals surface area contributed by atoms with Crippen LogP contribution in [0.5, 0.6) is 0 Å². The molecule has 0 saturated heterocycles. The molecule has 8 heteroatoms. The van der Waals surface area contributed by atoms with Crippen molar-refractivity contribution in [2.24, 2.45) is 0 Å². The van der Waals surface area contributed by atoms with E-state index >= 15 is 0 Å². The number of amides is 2. The van der Waals surface area contributed by atoms with Gasteiger partial charge in [-0.15, -0.1) is 0 Å². The number of hydrogen-bond donors (Lipinski definition) is 2. The lowest BCUT2D eigenvalue weighted by Crippen LogP contribution is -2.30. The van der Waals surface area contributed by atoms with Crippen molar-refractivity contribution in [3.63, 3.8) is 0 Å². The Kier molecular flexibility index (Phi) is 5.77. The summed E-state index contributed by atoms with van der Waals surface area (Å²) < 4.78 is 0. The highest BCUT2D eigenvalue weighted by Crippen LogP contribution is 2.31. The monoisotopic (exact) mass is 430 g/mol. The first kappa shape index (κ1) is 21.3. The average molecular weight is 431 g/mol. The van der Waals surface area contributed by atoms with Crippen LogP contribution in [0.3, 0.4) is 0 Å². The van der Waals surface area contributed by atoms with E-state index in [2.05, 4.69) is 15.3 Å². The minimum atomic E-state index is -0.222. The number of carbonyl (C=O) groups is 2. The summed E-state index contributed by atoms with van der Waals surface area (Å²) in [6.07, 6.45) is 0.918. The van der Waals surface area contributed by atoms with Crippen LogP contribution >= 0.6 is 0 Å². The third-order valence-electron chi connectivity index (χ3n) is 5.38. The maximum atomic E-state index is 12.9. The Morgan fingerprint density at radius 3 is 2.69 bits per heavy atom. The molecule has 1 aromatic carbocycles. The van der Waals surface area contributed by atoms with E-state index in [1.54, 1.807) is 29.2 Å². The van der Waals surface area contributed by atoms with Crippen molar-refractivity contribution >= 4 is 34.8 Å². The van der Waals surface area contributed by atoms with Crippen LogP contribution in [0.2, 0.25) is 0 Å². The normalized spacial score (nSPS) is 12.4. The van der Waals surface area contributed by atoms with E-state index in [1.165, 1.54) is 0 Å². The molecule has 0 aliphatic carbocycles. The molecule has 2 aromatic heterocycles. The molecule has 1 aliphatic rings. The van der Waals surface area contributed by atoms with E-state index in [9.17, 15) is 9.59 Å². The van der Waals surface area contributed by atoms with Gasteiger partial charge < -0.3 is 20.9 Å². The van der Waals surface area contributed by atoms with Gasteiger partial charge in [-0.2, -0.15) is 0 Å². The maximum absolute atomic E-state index is 12.9. The van der Waals surface area contributed by atoms with Gasteiger partial charge in [-0.05, 0) is 61.4 Å². The summed E-state index contributed by atoms with van der Waals surface area (Å²) in [5.41, 5.74) is 10.3. The van der Waals surface area contributed by atoms with Gasteiger partial charge in [-0.25, -0.2) is 9.97 Å². The molecule has 0 saturated carbocycles. The van der Waals surface area contributed by atoms with Crippen LogP contribution < -0.4 is 20.9 Å². The van der Waals surface area contributed by atoms with Gasteiger partial charge in [0.2, 0.25) is 5.91 Å². The first-order chi connectivity index (χ1) is 15.3. The van der Waals surface area contributed by atoms with Gasteiger partial charge in [0.25, 0.3) is 5.91 Å². The minimum Gasteiger partial charge on any atom is -0.384 e. The Morgan fingerprint density at radius 1 is 1.12 bits per heavy atom. The molecule has 3 N–H and O–H groups in total. The van der Waals surface area contributed by atoms with Gasteiger partial charge in [-0.1, -0.05) is 6.07 Å². The van der Waals surface area contributed by atoms with Crippen LogP contribution in [-0.2, 0) is 17.6 Å². The molecular weight excluding hydrogens is 404 g/mol. The average Bonchev–Trinajstić information content (AvgIpc) is 3.17. The number of pyridine rings is 2. The van der Waals surface area contributed by atoms with Crippen LogP contribution in [-0.4, -0.2) is 42.4 Å². The molecule has 0 bridgehead atoms. The lowest BCUT2D eigenvalue weighted by atomic mass is 10.1. The number of hydrogen-bond acceptors (Lipinski definition) is 6. The Balaban J connectivity index is 1.49. The number of nitrogens with two attached hydrogens (primary N) is 1. The molecule has 0 spiro atoms. The third-order valence-corrected chi connectivity index (χ3v) is 5.38. The second-order valence-corrected chi connectivity index (χ2v) is 8.04. The smallest absolute Gasteiger partial charge is 0.259 e. The summed E-state index contributed by atoms with van der Waals surface area (Å²) in [5, 5.41) is 2.96. The number of fused-ring (bicyclic) bond motifs is 1. The lowest BCUT2D eigenvalue weighted by molar-refractivity contribution is -0.117. The molecule has 0 radical (unpaired) electrons. The number of benzene rings is 1. The van der Waals surface area contributed by atoms with Gasteiger partial charge in [0, 0.05) is 37.7 Å². The van der Waals surface area contributed by atoms with E-state index in [4.69, 9.17) is 5.73 Å². The highest BCUT2D eigenvalue weighted by atomic mass is 16.2. The highest BCUT2D eigenvalue weighted by molar-refractivity contribution is 6.08. The molecule has 0 unspecified atom stereocenters. The van der Waals surface area contributed by atoms with Crippen molar-refractivity contribution in [2.45, 2.75) is 19.8 Å². The summed E-state index contributed by atoms with van der Waals surface area (Å²) in [7, 11) is 3.72. The molecule has 4 rings (SSSR count). The molecule has 32 heavy (non-hydrogen) atoms. The summed E-state index contributed by atoms with van der Waals surface area (Å²) >= 11 is 0. The Hall–Kier alpha value is -3.94. The largest absolute Gasteiger partial charge is 0.384 e. The minimum absolute atomic E-state index is 0.0278. The summed E-state index contributed by atoms with van der Waals surface area (Å²) in [4.78, 5) is 38.0. The molecular formula is C24H26N6O2. The number of aryl methyl sites for hydroxylation is 1. The highest BCUT2D eigenvalue weighted by Gasteiger charge is 2.25. The summed E-state index contributed by atoms with van der Waals surface area (Å²) in [5.74, 6) is 0.772. The van der Waals surface area contributed by atoms with Gasteiger partial charge in [0.05, 0.1) is 17.7 Å². The van der Waals surface area contributed by atoms with Crippen molar-refractivity contribution in [3.05, 3.63) is 71.0 Å². The van der Waals surface area contributed by atoms with E-state index < -0.39 is 0 Å². The van der Waals surface area contributed by atoms with Crippen molar-refractivity contribution < 1.29 is 9.59 Å². The zero-order valence-corrected chi connectivity index (χ0v) is 18.4. The zero-order chi connectivity index (χ0) is 22.8. The molecule has 164 valence electrons. The van der Waals surface area contributed by atoms with E-state index in [-0.39, 0.29) is 18.2 Å². The van der Waals surface area contributed by atoms with Crippen molar-refractivity contribution in [1.82, 2.24) is 9.97 Å². The number of nitrogen functional groups attached to an aromatic ring is 1. The van der Waals surface area contributed by atoms with Crippen LogP contribution in [0, 0.1) is 6.92 Å². The van der Waals surface area contributed by atoms with Crippen molar-refractivity contribution in [1.29, 1.82) is 0 Å². The molecule has 3 aromatic rings. The molecule has 2 amide bonds. The third kappa shape index (κ3) is 4.39. The van der Waals surface area contributed by atoms with Crippen LogP contribution in [0.4, 0.5) is 23.0 Å². The molecule has 1 aliphatic heterocycles. The zero-order valence-electron chi connectivity index (χ0n) is 18.4. The first-order valence-electron chi connectivity index (χ1n) is 10.4. The standard InChI is InChI=1S/C24H26N6O2/c1-15-7-9-19(23(26-15)29(2)3)24(32)28-18-8-10-20-16(13-18)11-12-30(20)22(31)14-17-5-4-6-21(25)27-17/h4-10,13H,11-12,14H2,1-3H3,(H2,25,27)(H,28,32). The fourth-order valence-corrected chi connectivity index (χ4v) is 3.85. The number of anilines is 4. The topological polar surface area (TPSA) is 104 Å². The van der Waals surface area contributed by atoms with Gasteiger partial charge in [0.15, 0.2) is 0 Å². The predicted octanol–water partition coefficient (Wildman–Crippen LogP) is 2.82. The summed E-state index contributed by atoms with van der Waals surface area (Å²) in [6.45, 7) is 2.49. The lowest BCUT2D eigenvalue weighted by Gasteiger charge is -2.18. The molecule has 0 atom stereocenters. The quantitative estimate of drug-likeness (QED) is 0.645. The van der Waals surface area contributed by atoms with E-state index in [0.29, 0.717) is 35.1 Å². The Morgan fingerprint density at radius 2 is 1.94 bits per heavy atom. The van der Waals surface area contributed by atoms with Gasteiger partial charge >= 0.3 is 0 Å². The number of aromatic nitrogens is 2. The first-order valence-corrected chi connectivity index (χ1v) is 10.4. The molecule has 0 fully saturated rings. The van der Waals surface area contributed by atoms with Crippen LogP contribution in [0.15, 0.2) is 48.5 Å². The summed E-state index contributed by atoms with van der Waals surface area (Å²) in [6, 6.07) is 14.5. The van der Waals surface area contributed by atoms with E-state index in [1.807, 2.05) is 50.2 Å². The van der Waals surface area contributed by atoms with E-state index in [0.717, 1.165) is 23.4 Å². The fraction of sp³-hybridized carbons (Fsp3) is 0.250. The predicted molar refractivity (Wildman–Crippen MR) is 126 cm³/mol. The fourth-order valence-electron chi connectivity index (χ4n) is 3.85. The second-order valence-electron chi connectivity index (χ2n) is 8.04. The molecule has 3 heterocycles. The Labute approximate surface area is 187 Å². The number of nitrogens with one attached hydrogen (secondary N) is 1. The number of nitrogens with zero attached hydrogens (tertiary/aromatic N) is 4. The molecule has 8 nitrogen and oxygen atoms in total. The van der Waals surface area contributed by atoms with Crippen molar-refractivity contribution in [3.8, 4) is 0 Å².